The minimum Gasteiger partial charge on any atom is -0.405 e. The number of hydrogen-bond acceptors (Lipinski definition) is 4. The van der Waals surface area contributed by atoms with Crippen molar-refractivity contribution in [2.24, 2.45) is 0 Å². The third-order valence-electron chi connectivity index (χ3n) is 6.10. The molecule has 34 heavy (non-hydrogen) atoms. The first-order valence-corrected chi connectivity index (χ1v) is 15.1. The van der Waals surface area contributed by atoms with Gasteiger partial charge in [-0.05, 0) is 54.2 Å². The lowest BCUT2D eigenvalue weighted by Crippen LogP contribution is -2.67. The van der Waals surface area contributed by atoms with Gasteiger partial charge in [-0.25, -0.2) is 0 Å². The lowest BCUT2D eigenvalue weighted by molar-refractivity contribution is 0.182. The van der Waals surface area contributed by atoms with E-state index < -0.39 is 18.4 Å². The maximum Gasteiger partial charge on any atom is 0.296 e. The second-order valence-corrected chi connectivity index (χ2v) is 15.7. The van der Waals surface area contributed by atoms with E-state index in [1.165, 1.54) is 10.4 Å². The van der Waals surface area contributed by atoms with Gasteiger partial charge in [-0.1, -0.05) is 99.1 Å². The molecule has 0 saturated carbocycles. The zero-order valence-electron chi connectivity index (χ0n) is 20.8. The van der Waals surface area contributed by atoms with Gasteiger partial charge in [0.25, 0.3) is 18.4 Å². The molecule has 0 radical (unpaired) electrons. The molecular formula is C28H36O4SSi. The fourth-order valence-electron chi connectivity index (χ4n) is 4.36. The van der Waals surface area contributed by atoms with Crippen LogP contribution < -0.4 is 10.4 Å². The summed E-state index contributed by atoms with van der Waals surface area (Å²) in [5, 5.41) is 2.37. The van der Waals surface area contributed by atoms with Crippen LogP contribution in [0.1, 0.15) is 46.1 Å². The Balaban J connectivity index is 1.74. The second-order valence-electron chi connectivity index (χ2n) is 9.82. The largest absolute Gasteiger partial charge is 0.405 e. The molecule has 0 bridgehead atoms. The molecule has 1 atom stereocenters. The van der Waals surface area contributed by atoms with Gasteiger partial charge in [-0.15, -0.1) is 0 Å². The smallest absolute Gasteiger partial charge is 0.296 e. The van der Waals surface area contributed by atoms with Gasteiger partial charge in [-0.2, -0.15) is 8.42 Å². The van der Waals surface area contributed by atoms with Crippen LogP contribution in [-0.4, -0.2) is 29.4 Å². The van der Waals surface area contributed by atoms with E-state index in [1.54, 1.807) is 24.3 Å². The van der Waals surface area contributed by atoms with Crippen molar-refractivity contribution in [3.63, 3.8) is 0 Å². The average molecular weight is 497 g/mol. The number of rotatable bonds is 10. The Morgan fingerprint density at radius 3 is 1.79 bits per heavy atom. The summed E-state index contributed by atoms with van der Waals surface area (Å²) >= 11 is 0. The van der Waals surface area contributed by atoms with Crippen LogP contribution in [0.3, 0.4) is 0 Å². The summed E-state index contributed by atoms with van der Waals surface area (Å²) in [6.07, 6.45) is 1.23. The van der Waals surface area contributed by atoms with Crippen LogP contribution in [-0.2, 0) is 18.7 Å². The Labute approximate surface area is 206 Å². The van der Waals surface area contributed by atoms with Crippen LogP contribution in [0, 0.1) is 6.92 Å². The van der Waals surface area contributed by atoms with Crippen LogP contribution in [0.2, 0.25) is 5.04 Å². The van der Waals surface area contributed by atoms with E-state index in [1.807, 2.05) is 19.1 Å². The molecule has 182 valence electrons. The highest BCUT2D eigenvalue weighted by Gasteiger charge is 2.50. The quantitative estimate of drug-likeness (QED) is 0.213. The van der Waals surface area contributed by atoms with Gasteiger partial charge >= 0.3 is 0 Å². The Morgan fingerprint density at radius 2 is 1.32 bits per heavy atom. The predicted molar refractivity (Wildman–Crippen MR) is 142 cm³/mol. The molecule has 3 rings (SSSR count). The highest BCUT2D eigenvalue weighted by Crippen LogP contribution is 2.37. The molecular weight excluding hydrogens is 460 g/mol. The third-order valence-corrected chi connectivity index (χ3v) is 12.6. The lowest BCUT2D eigenvalue weighted by Gasteiger charge is -2.44. The monoisotopic (exact) mass is 496 g/mol. The summed E-state index contributed by atoms with van der Waals surface area (Å²) in [4.78, 5) is 0.190. The maximum atomic E-state index is 12.5. The SMILES string of the molecule is Cc1ccc(S(=O)(=O)OCCC[C@@H](C)O[Si](c2ccccc2)(c2ccccc2)C(C)(C)C)cc1. The van der Waals surface area contributed by atoms with E-state index >= 15 is 0 Å². The van der Waals surface area contributed by atoms with E-state index in [9.17, 15) is 8.42 Å². The first kappa shape index (κ1) is 26.4. The molecule has 0 unspecified atom stereocenters. The molecule has 0 aliphatic heterocycles. The molecule has 0 aliphatic carbocycles. The van der Waals surface area contributed by atoms with Crippen LogP contribution >= 0.6 is 0 Å². The molecule has 0 aliphatic rings. The highest BCUT2D eigenvalue weighted by atomic mass is 32.2. The fourth-order valence-corrected chi connectivity index (χ4v) is 10.0. The molecule has 4 nitrogen and oxygen atoms in total. The molecule has 3 aromatic carbocycles. The third kappa shape index (κ3) is 6.05. The molecule has 0 saturated heterocycles. The summed E-state index contributed by atoms with van der Waals surface area (Å²) in [7, 11) is -6.38. The number of benzene rings is 3. The normalized spacial score (nSPS) is 13.6. The second kappa shape index (κ2) is 11.0. The Kier molecular flexibility index (Phi) is 8.52. The molecule has 3 aromatic rings. The van der Waals surface area contributed by atoms with Gasteiger partial charge in [0.15, 0.2) is 0 Å². The van der Waals surface area contributed by atoms with Crippen LogP contribution in [0.5, 0.6) is 0 Å². The topological polar surface area (TPSA) is 52.6 Å². The van der Waals surface area contributed by atoms with Crippen molar-refractivity contribution in [2.75, 3.05) is 6.61 Å². The predicted octanol–water partition coefficient (Wildman–Crippen LogP) is 5.45. The van der Waals surface area contributed by atoms with Gasteiger partial charge in [0.1, 0.15) is 0 Å². The van der Waals surface area contributed by atoms with E-state index in [2.05, 4.69) is 76.2 Å². The van der Waals surface area contributed by atoms with E-state index in [-0.39, 0.29) is 22.6 Å². The van der Waals surface area contributed by atoms with Gasteiger partial charge in [-0.3, -0.25) is 4.18 Å². The zero-order chi connectivity index (χ0) is 24.8. The molecule has 0 N–H and O–H groups in total. The Morgan fingerprint density at radius 1 is 0.824 bits per heavy atom. The summed E-state index contributed by atoms with van der Waals surface area (Å²) in [6, 6.07) is 27.8. The molecule has 0 fully saturated rings. The van der Waals surface area contributed by atoms with Gasteiger partial charge in [0.05, 0.1) is 11.5 Å². The summed E-state index contributed by atoms with van der Waals surface area (Å²) in [6.45, 7) is 10.9. The van der Waals surface area contributed by atoms with Gasteiger partial charge in [0.2, 0.25) is 0 Å². The molecule has 0 aromatic heterocycles. The van der Waals surface area contributed by atoms with Crippen LogP contribution in [0.25, 0.3) is 0 Å². The summed E-state index contributed by atoms with van der Waals surface area (Å²) in [5.74, 6) is 0. The van der Waals surface area contributed by atoms with E-state index in [4.69, 9.17) is 8.61 Å². The Hall–Kier alpha value is -2.25. The van der Waals surface area contributed by atoms with Crippen molar-refractivity contribution < 1.29 is 17.0 Å². The lowest BCUT2D eigenvalue weighted by atomic mass is 10.2. The minimum atomic E-state index is -3.75. The summed E-state index contributed by atoms with van der Waals surface area (Å²) < 4.78 is 37.3. The maximum absolute atomic E-state index is 12.5. The standard InChI is InChI=1S/C28H36O4SSi/c1-23-18-20-25(21-19-23)33(29,30)31-22-12-13-24(2)32-34(28(3,4)5,26-14-8-6-9-15-26)27-16-10-7-11-17-27/h6-11,14-21,24H,12-13,22H2,1-5H3/t24-/m1/s1. The van der Waals surface area contributed by atoms with Gasteiger partial charge < -0.3 is 4.43 Å². The number of hydrogen-bond donors (Lipinski definition) is 0. The average Bonchev–Trinajstić information content (AvgIpc) is 2.81. The van der Waals surface area contributed by atoms with Crippen molar-refractivity contribution >= 4 is 28.8 Å². The van der Waals surface area contributed by atoms with Crippen molar-refractivity contribution in [2.45, 2.75) is 63.5 Å². The highest BCUT2D eigenvalue weighted by molar-refractivity contribution is 7.86. The van der Waals surface area contributed by atoms with Crippen molar-refractivity contribution in [1.29, 1.82) is 0 Å². The van der Waals surface area contributed by atoms with Crippen LogP contribution in [0.4, 0.5) is 0 Å². The fraction of sp³-hybridized carbons (Fsp3) is 0.357. The minimum absolute atomic E-state index is 0.0583. The number of aryl methyl sites for hydroxylation is 1. The van der Waals surface area contributed by atoms with Crippen molar-refractivity contribution in [3.05, 3.63) is 90.5 Å². The molecule has 0 heterocycles. The van der Waals surface area contributed by atoms with Crippen molar-refractivity contribution in [1.82, 2.24) is 0 Å². The van der Waals surface area contributed by atoms with E-state index in [0.717, 1.165) is 5.56 Å². The molecule has 0 spiro atoms. The van der Waals surface area contributed by atoms with E-state index in [0.29, 0.717) is 12.8 Å². The molecule has 0 amide bonds. The van der Waals surface area contributed by atoms with Crippen LogP contribution in [0.15, 0.2) is 89.8 Å². The van der Waals surface area contributed by atoms with Crippen molar-refractivity contribution in [3.8, 4) is 0 Å². The molecule has 6 heteroatoms. The first-order chi connectivity index (χ1) is 16.1. The Bertz CT molecular complexity index is 1100. The first-order valence-electron chi connectivity index (χ1n) is 11.8. The van der Waals surface area contributed by atoms with Gasteiger partial charge in [0, 0.05) is 6.10 Å². The summed E-state index contributed by atoms with van der Waals surface area (Å²) in [5.41, 5.74) is 1.01. The zero-order valence-corrected chi connectivity index (χ0v) is 22.6.